The van der Waals surface area contributed by atoms with Crippen LogP contribution in [0, 0.1) is 0 Å². The molecule has 0 amide bonds. The van der Waals surface area contributed by atoms with Gasteiger partial charge in [0.15, 0.2) is 0 Å². The van der Waals surface area contributed by atoms with Gasteiger partial charge in [-0.2, -0.15) is 0 Å². The molecule has 0 saturated carbocycles. The van der Waals surface area contributed by atoms with E-state index in [0.29, 0.717) is 11.8 Å². The van der Waals surface area contributed by atoms with Crippen LogP contribution in [0.15, 0.2) is 48.5 Å². The predicted molar refractivity (Wildman–Crippen MR) is 84.3 cm³/mol. The highest BCUT2D eigenvalue weighted by Gasteiger charge is 2.12. The zero-order valence-corrected chi connectivity index (χ0v) is 12.6. The van der Waals surface area contributed by atoms with E-state index in [1.807, 2.05) is 42.5 Å². The van der Waals surface area contributed by atoms with E-state index in [-0.39, 0.29) is 6.04 Å². The van der Waals surface area contributed by atoms with Crippen LogP contribution in [0.3, 0.4) is 0 Å². The second-order valence-electron chi connectivity index (χ2n) is 5.18. The summed E-state index contributed by atoms with van der Waals surface area (Å²) in [5.74, 6) is 0.339. The standard InChI is InChI=1S/C17H20ClNO/c1-12(11-14-7-9-15(18)10-8-14)19-13(2)16-5-3-4-6-17(16)20/h3-10,12-13,19-20H,11H2,1-2H3. The number of hydrogen-bond donors (Lipinski definition) is 2. The average molecular weight is 290 g/mol. The Morgan fingerprint density at radius 2 is 1.70 bits per heavy atom. The van der Waals surface area contributed by atoms with Gasteiger partial charge in [0.25, 0.3) is 0 Å². The lowest BCUT2D eigenvalue weighted by Gasteiger charge is -2.21. The zero-order valence-electron chi connectivity index (χ0n) is 11.8. The van der Waals surface area contributed by atoms with Crippen LogP contribution in [-0.2, 0) is 6.42 Å². The van der Waals surface area contributed by atoms with E-state index in [2.05, 4.69) is 19.2 Å². The van der Waals surface area contributed by atoms with Gasteiger partial charge in [0.1, 0.15) is 5.75 Å². The fourth-order valence-corrected chi connectivity index (χ4v) is 2.53. The summed E-state index contributed by atoms with van der Waals surface area (Å²) < 4.78 is 0. The van der Waals surface area contributed by atoms with E-state index in [0.717, 1.165) is 17.0 Å². The Morgan fingerprint density at radius 1 is 1.05 bits per heavy atom. The molecule has 0 spiro atoms. The molecule has 2 nitrogen and oxygen atoms in total. The second kappa shape index (κ2) is 6.78. The molecule has 2 N–H and O–H groups in total. The van der Waals surface area contributed by atoms with Crippen molar-refractivity contribution in [1.82, 2.24) is 5.32 Å². The lowest BCUT2D eigenvalue weighted by atomic mass is 10.0. The minimum atomic E-state index is 0.110. The first kappa shape index (κ1) is 14.9. The molecule has 2 unspecified atom stereocenters. The topological polar surface area (TPSA) is 32.3 Å². The minimum Gasteiger partial charge on any atom is -0.508 e. The smallest absolute Gasteiger partial charge is 0.120 e. The van der Waals surface area contributed by atoms with Crippen LogP contribution >= 0.6 is 11.6 Å². The number of halogens is 1. The lowest BCUT2D eigenvalue weighted by molar-refractivity contribution is 0.433. The van der Waals surface area contributed by atoms with Crippen LogP contribution < -0.4 is 5.32 Å². The van der Waals surface area contributed by atoms with Crippen molar-refractivity contribution < 1.29 is 5.11 Å². The Bertz CT molecular complexity index is 553. The molecule has 2 aromatic rings. The van der Waals surface area contributed by atoms with Gasteiger partial charge in [-0.25, -0.2) is 0 Å². The summed E-state index contributed by atoms with van der Waals surface area (Å²) in [7, 11) is 0. The summed E-state index contributed by atoms with van der Waals surface area (Å²) in [4.78, 5) is 0. The first-order valence-electron chi connectivity index (χ1n) is 6.84. The number of aromatic hydroxyl groups is 1. The molecule has 0 saturated heterocycles. The summed E-state index contributed by atoms with van der Waals surface area (Å²) in [5.41, 5.74) is 2.18. The van der Waals surface area contributed by atoms with Gasteiger partial charge in [0.2, 0.25) is 0 Å². The molecule has 0 aliphatic heterocycles. The molecule has 2 atom stereocenters. The molecule has 0 aromatic heterocycles. The quantitative estimate of drug-likeness (QED) is 0.859. The van der Waals surface area contributed by atoms with Crippen molar-refractivity contribution in [2.45, 2.75) is 32.4 Å². The molecular formula is C17H20ClNO. The van der Waals surface area contributed by atoms with Crippen molar-refractivity contribution in [2.75, 3.05) is 0 Å². The maximum absolute atomic E-state index is 9.86. The number of nitrogens with one attached hydrogen (secondary N) is 1. The van der Waals surface area contributed by atoms with Crippen LogP contribution in [0.4, 0.5) is 0 Å². The van der Waals surface area contributed by atoms with Crippen molar-refractivity contribution in [2.24, 2.45) is 0 Å². The van der Waals surface area contributed by atoms with Crippen molar-refractivity contribution in [1.29, 1.82) is 0 Å². The molecule has 0 aliphatic carbocycles. The van der Waals surface area contributed by atoms with Crippen LogP contribution in [0.2, 0.25) is 5.02 Å². The molecule has 0 aliphatic rings. The maximum Gasteiger partial charge on any atom is 0.120 e. The third kappa shape index (κ3) is 3.99. The molecule has 3 heteroatoms. The number of hydrogen-bond acceptors (Lipinski definition) is 2. The Morgan fingerprint density at radius 3 is 2.35 bits per heavy atom. The summed E-state index contributed by atoms with van der Waals surface area (Å²) in [6.07, 6.45) is 0.926. The number of para-hydroxylation sites is 1. The second-order valence-corrected chi connectivity index (χ2v) is 5.62. The van der Waals surface area contributed by atoms with Gasteiger partial charge in [0.05, 0.1) is 0 Å². The van der Waals surface area contributed by atoms with Gasteiger partial charge in [0, 0.05) is 22.7 Å². The molecular weight excluding hydrogens is 270 g/mol. The van der Waals surface area contributed by atoms with Gasteiger partial charge in [-0.3, -0.25) is 0 Å². The fourth-order valence-electron chi connectivity index (χ4n) is 2.40. The normalized spacial score (nSPS) is 13.9. The first-order chi connectivity index (χ1) is 9.56. The zero-order chi connectivity index (χ0) is 14.5. The fraction of sp³-hybridized carbons (Fsp3) is 0.294. The predicted octanol–water partition coefficient (Wildman–Crippen LogP) is 4.33. The van der Waals surface area contributed by atoms with Gasteiger partial charge < -0.3 is 10.4 Å². The summed E-state index contributed by atoms with van der Waals surface area (Å²) in [5, 5.41) is 14.1. The van der Waals surface area contributed by atoms with Crippen molar-refractivity contribution >= 4 is 11.6 Å². The van der Waals surface area contributed by atoms with Gasteiger partial charge in [-0.15, -0.1) is 0 Å². The number of phenolic OH excluding ortho intramolecular Hbond substituents is 1. The third-order valence-corrected chi connectivity index (χ3v) is 3.64. The van der Waals surface area contributed by atoms with E-state index in [1.54, 1.807) is 6.07 Å². The average Bonchev–Trinajstić information content (AvgIpc) is 2.41. The molecule has 0 heterocycles. The Hall–Kier alpha value is -1.51. The third-order valence-electron chi connectivity index (χ3n) is 3.39. The first-order valence-corrected chi connectivity index (χ1v) is 7.22. The van der Waals surface area contributed by atoms with Gasteiger partial charge in [-0.05, 0) is 44.0 Å². The Labute approximate surface area is 125 Å². The molecule has 20 heavy (non-hydrogen) atoms. The van der Waals surface area contributed by atoms with E-state index < -0.39 is 0 Å². The highest BCUT2D eigenvalue weighted by Crippen LogP contribution is 2.23. The van der Waals surface area contributed by atoms with Crippen LogP contribution in [0.5, 0.6) is 5.75 Å². The Balaban J connectivity index is 1.96. The highest BCUT2D eigenvalue weighted by molar-refractivity contribution is 6.30. The van der Waals surface area contributed by atoms with E-state index in [4.69, 9.17) is 11.6 Å². The molecule has 0 bridgehead atoms. The minimum absolute atomic E-state index is 0.110. The molecule has 0 fully saturated rings. The summed E-state index contributed by atoms with van der Waals surface area (Å²) in [6, 6.07) is 15.8. The number of phenols is 1. The summed E-state index contributed by atoms with van der Waals surface area (Å²) in [6.45, 7) is 4.21. The SMILES string of the molecule is CC(Cc1ccc(Cl)cc1)NC(C)c1ccccc1O. The van der Waals surface area contributed by atoms with E-state index >= 15 is 0 Å². The number of benzene rings is 2. The van der Waals surface area contributed by atoms with Gasteiger partial charge >= 0.3 is 0 Å². The molecule has 106 valence electrons. The Kier molecular flexibility index (Phi) is 5.05. The van der Waals surface area contributed by atoms with Crippen LogP contribution in [0.25, 0.3) is 0 Å². The van der Waals surface area contributed by atoms with Gasteiger partial charge in [-0.1, -0.05) is 41.9 Å². The maximum atomic E-state index is 9.86. The van der Waals surface area contributed by atoms with Crippen molar-refractivity contribution in [3.05, 3.63) is 64.7 Å². The largest absolute Gasteiger partial charge is 0.508 e. The summed E-state index contributed by atoms with van der Waals surface area (Å²) >= 11 is 5.89. The van der Waals surface area contributed by atoms with Crippen molar-refractivity contribution in [3.8, 4) is 5.75 Å². The van der Waals surface area contributed by atoms with E-state index in [1.165, 1.54) is 5.56 Å². The molecule has 2 rings (SSSR count). The highest BCUT2D eigenvalue weighted by atomic mass is 35.5. The molecule has 0 radical (unpaired) electrons. The monoisotopic (exact) mass is 289 g/mol. The molecule has 2 aromatic carbocycles. The van der Waals surface area contributed by atoms with Crippen LogP contribution in [-0.4, -0.2) is 11.1 Å². The van der Waals surface area contributed by atoms with Crippen molar-refractivity contribution in [3.63, 3.8) is 0 Å². The number of rotatable bonds is 5. The lowest BCUT2D eigenvalue weighted by Crippen LogP contribution is -2.30. The van der Waals surface area contributed by atoms with Crippen LogP contribution in [0.1, 0.15) is 31.0 Å². The van der Waals surface area contributed by atoms with E-state index in [9.17, 15) is 5.11 Å².